The maximum atomic E-state index is 11.7. The van der Waals surface area contributed by atoms with Crippen LogP contribution in [0.2, 0.25) is 0 Å². The van der Waals surface area contributed by atoms with Gasteiger partial charge in [-0.3, -0.25) is 4.68 Å². The Kier molecular flexibility index (Phi) is 4.79. The number of hydrogen-bond donors (Lipinski definition) is 2. The first-order valence-electron chi connectivity index (χ1n) is 7.01. The van der Waals surface area contributed by atoms with Crippen LogP contribution in [0.15, 0.2) is 12.4 Å². The largest absolute Gasteiger partial charge is 0.338 e. The van der Waals surface area contributed by atoms with Gasteiger partial charge in [-0.05, 0) is 32.4 Å². The molecule has 0 aliphatic carbocycles. The Labute approximate surface area is 114 Å². The first-order chi connectivity index (χ1) is 9.21. The molecule has 2 N–H and O–H groups in total. The Bertz CT molecular complexity index is 417. The van der Waals surface area contributed by atoms with Crippen molar-refractivity contribution >= 4 is 11.7 Å². The summed E-state index contributed by atoms with van der Waals surface area (Å²) in [5, 5.41) is 9.84. The van der Waals surface area contributed by atoms with Gasteiger partial charge in [0.1, 0.15) is 0 Å². The van der Waals surface area contributed by atoms with Crippen LogP contribution in [-0.2, 0) is 6.54 Å². The van der Waals surface area contributed by atoms with E-state index in [1.165, 1.54) is 6.42 Å². The van der Waals surface area contributed by atoms with Crippen LogP contribution in [0.3, 0.4) is 0 Å². The van der Waals surface area contributed by atoms with Crippen LogP contribution in [0.1, 0.15) is 20.3 Å². The number of aromatic nitrogens is 2. The SMILES string of the molecule is CCN1CCC(CNC(=O)Nc2cnn(CC)c2)C1. The lowest BCUT2D eigenvalue weighted by molar-refractivity contribution is 0.250. The second-order valence-electron chi connectivity index (χ2n) is 4.97. The molecule has 6 heteroatoms. The van der Waals surface area contributed by atoms with E-state index in [2.05, 4.69) is 27.6 Å². The van der Waals surface area contributed by atoms with Crippen molar-refractivity contribution in [3.63, 3.8) is 0 Å². The van der Waals surface area contributed by atoms with Crippen LogP contribution in [0, 0.1) is 5.92 Å². The van der Waals surface area contributed by atoms with Gasteiger partial charge in [0.15, 0.2) is 0 Å². The van der Waals surface area contributed by atoms with E-state index in [1.807, 2.05) is 13.1 Å². The molecule has 106 valence electrons. The summed E-state index contributed by atoms with van der Waals surface area (Å²) in [5.74, 6) is 0.573. The number of rotatable bonds is 5. The summed E-state index contributed by atoms with van der Waals surface area (Å²) in [6.45, 7) is 9.06. The van der Waals surface area contributed by atoms with Crippen molar-refractivity contribution < 1.29 is 4.79 Å². The van der Waals surface area contributed by atoms with E-state index in [0.29, 0.717) is 5.92 Å². The number of anilines is 1. The van der Waals surface area contributed by atoms with Crippen LogP contribution in [0.5, 0.6) is 0 Å². The van der Waals surface area contributed by atoms with Crippen molar-refractivity contribution in [2.24, 2.45) is 5.92 Å². The van der Waals surface area contributed by atoms with Gasteiger partial charge in [0, 0.05) is 25.8 Å². The van der Waals surface area contributed by atoms with Gasteiger partial charge in [0.2, 0.25) is 0 Å². The smallest absolute Gasteiger partial charge is 0.319 e. The molecule has 0 spiro atoms. The molecule has 0 saturated carbocycles. The van der Waals surface area contributed by atoms with Crippen LogP contribution < -0.4 is 10.6 Å². The quantitative estimate of drug-likeness (QED) is 0.845. The first-order valence-corrected chi connectivity index (χ1v) is 7.01. The Hall–Kier alpha value is -1.56. The minimum atomic E-state index is -0.148. The number of likely N-dealkylation sites (tertiary alicyclic amines) is 1. The van der Waals surface area contributed by atoms with Gasteiger partial charge < -0.3 is 15.5 Å². The molecule has 2 rings (SSSR count). The minimum Gasteiger partial charge on any atom is -0.338 e. The fourth-order valence-electron chi connectivity index (χ4n) is 2.38. The molecule has 1 fully saturated rings. The summed E-state index contributed by atoms with van der Waals surface area (Å²) in [7, 11) is 0. The van der Waals surface area contributed by atoms with E-state index < -0.39 is 0 Å². The molecule has 1 aliphatic heterocycles. The van der Waals surface area contributed by atoms with Crippen LogP contribution >= 0.6 is 0 Å². The fourth-order valence-corrected chi connectivity index (χ4v) is 2.38. The molecule has 1 aliphatic rings. The second-order valence-corrected chi connectivity index (χ2v) is 4.97. The highest BCUT2D eigenvalue weighted by Gasteiger charge is 2.21. The summed E-state index contributed by atoms with van der Waals surface area (Å²) in [6.07, 6.45) is 4.66. The summed E-state index contributed by atoms with van der Waals surface area (Å²) >= 11 is 0. The van der Waals surface area contributed by atoms with E-state index in [4.69, 9.17) is 0 Å². The van der Waals surface area contributed by atoms with E-state index in [0.717, 1.165) is 38.4 Å². The predicted molar refractivity (Wildman–Crippen MR) is 75.1 cm³/mol. The highest BCUT2D eigenvalue weighted by atomic mass is 16.2. The summed E-state index contributed by atoms with van der Waals surface area (Å²) in [5.41, 5.74) is 0.737. The Morgan fingerprint density at radius 2 is 2.32 bits per heavy atom. The monoisotopic (exact) mass is 265 g/mol. The highest BCUT2D eigenvalue weighted by Crippen LogP contribution is 2.14. The summed E-state index contributed by atoms with van der Waals surface area (Å²) in [6, 6.07) is -0.148. The van der Waals surface area contributed by atoms with Crippen LogP contribution in [-0.4, -0.2) is 46.9 Å². The van der Waals surface area contributed by atoms with Gasteiger partial charge in [-0.15, -0.1) is 0 Å². The number of aryl methyl sites for hydroxylation is 1. The number of amides is 2. The topological polar surface area (TPSA) is 62.2 Å². The van der Waals surface area contributed by atoms with Crippen molar-refractivity contribution in [2.45, 2.75) is 26.8 Å². The number of urea groups is 1. The average molecular weight is 265 g/mol. The Morgan fingerprint density at radius 3 is 2.95 bits per heavy atom. The molecular formula is C13H23N5O. The van der Waals surface area contributed by atoms with E-state index >= 15 is 0 Å². The van der Waals surface area contributed by atoms with Gasteiger partial charge in [-0.25, -0.2) is 4.79 Å². The van der Waals surface area contributed by atoms with E-state index in [1.54, 1.807) is 10.9 Å². The Morgan fingerprint density at radius 1 is 1.47 bits per heavy atom. The number of nitrogens with zero attached hydrogens (tertiary/aromatic N) is 3. The maximum Gasteiger partial charge on any atom is 0.319 e. The average Bonchev–Trinajstić information content (AvgIpc) is 3.04. The molecule has 2 amide bonds. The summed E-state index contributed by atoms with van der Waals surface area (Å²) in [4.78, 5) is 14.2. The van der Waals surface area contributed by atoms with Crippen molar-refractivity contribution in [2.75, 3.05) is 31.5 Å². The Balaban J connectivity index is 1.70. The minimum absolute atomic E-state index is 0.148. The maximum absolute atomic E-state index is 11.7. The lowest BCUT2D eigenvalue weighted by Crippen LogP contribution is -2.34. The molecule has 0 radical (unpaired) electrons. The third-order valence-electron chi connectivity index (χ3n) is 3.58. The van der Waals surface area contributed by atoms with Gasteiger partial charge in [0.05, 0.1) is 11.9 Å². The molecule has 1 unspecified atom stereocenters. The molecule has 6 nitrogen and oxygen atoms in total. The predicted octanol–water partition coefficient (Wildman–Crippen LogP) is 1.37. The fraction of sp³-hybridized carbons (Fsp3) is 0.692. The third-order valence-corrected chi connectivity index (χ3v) is 3.58. The summed E-state index contributed by atoms with van der Waals surface area (Å²) < 4.78 is 1.78. The molecule has 1 aromatic rings. The second kappa shape index (κ2) is 6.56. The van der Waals surface area contributed by atoms with Gasteiger partial charge in [0.25, 0.3) is 0 Å². The standard InChI is InChI=1S/C13H23N5O/c1-3-17-6-5-11(9-17)7-14-13(19)16-12-8-15-18(4-2)10-12/h8,10-11H,3-7,9H2,1-2H3,(H2,14,16,19). The van der Waals surface area contributed by atoms with E-state index in [9.17, 15) is 4.79 Å². The van der Waals surface area contributed by atoms with E-state index in [-0.39, 0.29) is 6.03 Å². The number of carbonyl (C=O) groups excluding carboxylic acids is 1. The normalized spacial score (nSPS) is 19.6. The van der Waals surface area contributed by atoms with Crippen LogP contribution in [0.25, 0.3) is 0 Å². The first kappa shape index (κ1) is 13.9. The van der Waals surface area contributed by atoms with Crippen molar-refractivity contribution in [3.05, 3.63) is 12.4 Å². The number of carbonyl (C=O) groups is 1. The molecule has 1 saturated heterocycles. The molecular weight excluding hydrogens is 242 g/mol. The molecule has 0 aromatic carbocycles. The van der Waals surface area contributed by atoms with Gasteiger partial charge in [-0.1, -0.05) is 6.92 Å². The zero-order valence-corrected chi connectivity index (χ0v) is 11.7. The lowest BCUT2D eigenvalue weighted by Gasteiger charge is -2.13. The van der Waals surface area contributed by atoms with Gasteiger partial charge in [-0.2, -0.15) is 5.10 Å². The zero-order chi connectivity index (χ0) is 13.7. The zero-order valence-electron chi connectivity index (χ0n) is 11.7. The van der Waals surface area contributed by atoms with Crippen molar-refractivity contribution in [1.29, 1.82) is 0 Å². The molecule has 1 aromatic heterocycles. The molecule has 1 atom stereocenters. The van der Waals surface area contributed by atoms with Gasteiger partial charge >= 0.3 is 6.03 Å². The lowest BCUT2D eigenvalue weighted by atomic mass is 10.1. The van der Waals surface area contributed by atoms with Crippen molar-refractivity contribution in [1.82, 2.24) is 20.0 Å². The van der Waals surface area contributed by atoms with Crippen LogP contribution in [0.4, 0.5) is 10.5 Å². The highest BCUT2D eigenvalue weighted by molar-refractivity contribution is 5.88. The third kappa shape index (κ3) is 3.96. The number of hydrogen-bond acceptors (Lipinski definition) is 3. The molecule has 2 heterocycles. The van der Waals surface area contributed by atoms with Crippen molar-refractivity contribution in [3.8, 4) is 0 Å². The molecule has 19 heavy (non-hydrogen) atoms. The molecule has 0 bridgehead atoms. The number of nitrogens with one attached hydrogen (secondary N) is 2.